The molecule has 104 valence electrons. The van der Waals surface area contributed by atoms with Gasteiger partial charge in [-0.2, -0.15) is 0 Å². The minimum Gasteiger partial charge on any atom is -0.493 e. The first kappa shape index (κ1) is 13.9. The first-order valence-corrected chi connectivity index (χ1v) is 6.80. The Bertz CT molecular complexity index is 455. The van der Waals surface area contributed by atoms with Crippen LogP contribution in [0.5, 0.6) is 5.75 Å². The molecule has 2 atom stereocenters. The third-order valence-electron chi connectivity index (χ3n) is 3.62. The number of rotatable bonds is 6. The molecule has 0 saturated carbocycles. The maximum absolute atomic E-state index is 11.3. The number of carbonyl (C=O) groups is 1. The maximum atomic E-state index is 11.3. The molecular formula is C15H20O4. The summed E-state index contributed by atoms with van der Waals surface area (Å²) in [6, 6.07) is 5.45. The number of carboxylic acid groups (broad SMARTS) is 1. The average Bonchev–Trinajstić information content (AvgIpc) is 2.85. The number of aliphatic hydroxyl groups excluding tert-OH is 1. The van der Waals surface area contributed by atoms with Gasteiger partial charge in [0.15, 0.2) is 0 Å². The molecule has 0 bridgehead atoms. The molecule has 0 fully saturated rings. The van der Waals surface area contributed by atoms with Gasteiger partial charge in [0.25, 0.3) is 0 Å². The Morgan fingerprint density at radius 1 is 1.47 bits per heavy atom. The lowest BCUT2D eigenvalue weighted by Crippen LogP contribution is -2.22. The van der Waals surface area contributed by atoms with Gasteiger partial charge in [0.05, 0.1) is 18.6 Å². The van der Waals surface area contributed by atoms with Gasteiger partial charge in [-0.1, -0.05) is 25.8 Å². The van der Waals surface area contributed by atoms with Crippen LogP contribution in [0.2, 0.25) is 0 Å². The van der Waals surface area contributed by atoms with Gasteiger partial charge >= 0.3 is 5.97 Å². The zero-order chi connectivity index (χ0) is 13.8. The topological polar surface area (TPSA) is 66.8 Å². The summed E-state index contributed by atoms with van der Waals surface area (Å²) in [6.07, 6.45) is 2.11. The van der Waals surface area contributed by atoms with Gasteiger partial charge in [-0.15, -0.1) is 0 Å². The summed E-state index contributed by atoms with van der Waals surface area (Å²) in [6.45, 7) is 2.67. The molecule has 0 spiro atoms. The van der Waals surface area contributed by atoms with Gasteiger partial charge in [0.2, 0.25) is 0 Å². The van der Waals surface area contributed by atoms with Crippen molar-refractivity contribution >= 4 is 5.97 Å². The van der Waals surface area contributed by atoms with Crippen LogP contribution in [0.4, 0.5) is 0 Å². The van der Waals surface area contributed by atoms with Crippen LogP contribution in [0.25, 0.3) is 0 Å². The van der Waals surface area contributed by atoms with Crippen molar-refractivity contribution in [2.24, 2.45) is 5.92 Å². The van der Waals surface area contributed by atoms with E-state index >= 15 is 0 Å². The van der Waals surface area contributed by atoms with Gasteiger partial charge in [-0.25, -0.2) is 0 Å². The minimum atomic E-state index is -0.949. The molecule has 0 amide bonds. The van der Waals surface area contributed by atoms with Gasteiger partial charge in [-0.3, -0.25) is 4.79 Å². The van der Waals surface area contributed by atoms with Gasteiger partial charge < -0.3 is 14.9 Å². The number of aliphatic hydroxyl groups is 1. The fourth-order valence-corrected chi connectivity index (χ4v) is 2.46. The normalized spacial score (nSPS) is 16.5. The van der Waals surface area contributed by atoms with E-state index in [-0.39, 0.29) is 0 Å². The monoisotopic (exact) mass is 264 g/mol. The van der Waals surface area contributed by atoms with E-state index in [9.17, 15) is 15.0 Å². The van der Waals surface area contributed by atoms with Crippen molar-refractivity contribution in [3.05, 3.63) is 29.3 Å². The highest BCUT2D eigenvalue weighted by Crippen LogP contribution is 2.32. The third-order valence-corrected chi connectivity index (χ3v) is 3.62. The summed E-state index contributed by atoms with van der Waals surface area (Å²) in [4.78, 5) is 11.3. The summed E-state index contributed by atoms with van der Waals surface area (Å²) < 4.78 is 5.41. The Morgan fingerprint density at radius 2 is 2.26 bits per heavy atom. The van der Waals surface area contributed by atoms with Crippen molar-refractivity contribution in [2.45, 2.75) is 38.7 Å². The predicted octanol–water partition coefficient (Wildman–Crippen LogP) is 2.55. The van der Waals surface area contributed by atoms with E-state index in [1.165, 1.54) is 0 Å². The van der Waals surface area contributed by atoms with Crippen LogP contribution in [0.3, 0.4) is 0 Å². The molecule has 1 heterocycles. The number of ether oxygens (including phenoxy) is 1. The lowest BCUT2D eigenvalue weighted by atomic mass is 9.90. The van der Waals surface area contributed by atoms with E-state index in [4.69, 9.17) is 4.74 Å². The molecule has 19 heavy (non-hydrogen) atoms. The van der Waals surface area contributed by atoms with Gasteiger partial charge in [0.1, 0.15) is 5.75 Å². The summed E-state index contributed by atoms with van der Waals surface area (Å²) >= 11 is 0. The van der Waals surface area contributed by atoms with Crippen molar-refractivity contribution < 1.29 is 19.7 Å². The number of benzene rings is 1. The predicted molar refractivity (Wildman–Crippen MR) is 71.3 cm³/mol. The summed E-state index contributed by atoms with van der Waals surface area (Å²) in [5.41, 5.74) is 1.73. The van der Waals surface area contributed by atoms with Crippen LogP contribution in [0, 0.1) is 5.92 Å². The third kappa shape index (κ3) is 3.07. The lowest BCUT2D eigenvalue weighted by Gasteiger charge is -2.19. The molecule has 0 radical (unpaired) electrons. The van der Waals surface area contributed by atoms with Crippen molar-refractivity contribution in [3.8, 4) is 5.75 Å². The SMILES string of the molecule is CCCCC(C(=O)O)C(O)c1ccc2c(c1)CCO2. The molecule has 0 aromatic heterocycles. The highest BCUT2D eigenvalue weighted by molar-refractivity contribution is 5.71. The number of fused-ring (bicyclic) bond motifs is 1. The Morgan fingerprint density at radius 3 is 2.95 bits per heavy atom. The van der Waals surface area contributed by atoms with Crippen molar-refractivity contribution in [1.29, 1.82) is 0 Å². The fraction of sp³-hybridized carbons (Fsp3) is 0.533. The Hall–Kier alpha value is -1.55. The molecule has 1 aliphatic rings. The van der Waals surface area contributed by atoms with Crippen LogP contribution in [0.1, 0.15) is 43.4 Å². The quantitative estimate of drug-likeness (QED) is 0.828. The molecule has 1 aromatic rings. The van der Waals surface area contributed by atoms with Crippen molar-refractivity contribution in [1.82, 2.24) is 0 Å². The molecular weight excluding hydrogens is 244 g/mol. The first-order valence-electron chi connectivity index (χ1n) is 6.80. The zero-order valence-corrected chi connectivity index (χ0v) is 11.1. The molecule has 4 heteroatoms. The number of aliphatic carboxylic acids is 1. The average molecular weight is 264 g/mol. The van der Waals surface area contributed by atoms with Crippen LogP contribution >= 0.6 is 0 Å². The molecule has 4 nitrogen and oxygen atoms in total. The van der Waals surface area contributed by atoms with Crippen LogP contribution < -0.4 is 4.74 Å². The molecule has 2 rings (SSSR count). The summed E-state index contributed by atoms with van der Waals surface area (Å²) in [7, 11) is 0. The Kier molecular flexibility index (Phi) is 4.43. The number of hydrogen-bond donors (Lipinski definition) is 2. The van der Waals surface area contributed by atoms with Gasteiger partial charge in [0, 0.05) is 6.42 Å². The summed E-state index contributed by atoms with van der Waals surface area (Å²) in [5, 5.41) is 19.5. The maximum Gasteiger partial charge on any atom is 0.309 e. The molecule has 2 unspecified atom stereocenters. The summed E-state index contributed by atoms with van der Waals surface area (Å²) in [5.74, 6) is -0.825. The van der Waals surface area contributed by atoms with Crippen molar-refractivity contribution in [2.75, 3.05) is 6.61 Å². The van der Waals surface area contributed by atoms with E-state index in [1.54, 1.807) is 6.07 Å². The minimum absolute atomic E-state index is 0.501. The molecule has 0 aliphatic carbocycles. The standard InChI is InChI=1S/C15H20O4/c1-2-3-4-12(15(17)18)14(16)11-5-6-13-10(9-11)7-8-19-13/h5-6,9,12,14,16H,2-4,7-8H2,1H3,(H,17,18). The molecule has 1 aliphatic heterocycles. The van der Waals surface area contributed by atoms with E-state index in [0.717, 1.165) is 30.6 Å². The number of carboxylic acids is 1. The second kappa shape index (κ2) is 6.06. The number of unbranched alkanes of at least 4 members (excludes halogenated alkanes) is 1. The Balaban J connectivity index is 2.16. The largest absolute Gasteiger partial charge is 0.493 e. The van der Waals surface area contributed by atoms with Crippen LogP contribution in [0.15, 0.2) is 18.2 Å². The molecule has 2 N–H and O–H groups in total. The van der Waals surface area contributed by atoms with E-state index in [1.807, 2.05) is 19.1 Å². The zero-order valence-electron chi connectivity index (χ0n) is 11.1. The second-order valence-corrected chi connectivity index (χ2v) is 5.00. The van der Waals surface area contributed by atoms with Gasteiger partial charge in [-0.05, 0) is 29.7 Å². The molecule has 1 aromatic carbocycles. The highest BCUT2D eigenvalue weighted by Gasteiger charge is 2.28. The molecule has 0 saturated heterocycles. The first-order chi connectivity index (χ1) is 9.13. The van der Waals surface area contributed by atoms with E-state index in [0.29, 0.717) is 18.6 Å². The number of hydrogen-bond acceptors (Lipinski definition) is 3. The fourth-order valence-electron chi connectivity index (χ4n) is 2.46. The Labute approximate surface area is 113 Å². The van der Waals surface area contributed by atoms with Crippen LogP contribution in [-0.2, 0) is 11.2 Å². The van der Waals surface area contributed by atoms with E-state index < -0.39 is 18.0 Å². The highest BCUT2D eigenvalue weighted by atomic mass is 16.5. The van der Waals surface area contributed by atoms with Crippen molar-refractivity contribution in [3.63, 3.8) is 0 Å². The lowest BCUT2D eigenvalue weighted by molar-refractivity contribution is -0.146. The van der Waals surface area contributed by atoms with Crippen LogP contribution in [-0.4, -0.2) is 22.8 Å². The second-order valence-electron chi connectivity index (χ2n) is 5.00. The van der Waals surface area contributed by atoms with E-state index in [2.05, 4.69) is 0 Å². The smallest absolute Gasteiger partial charge is 0.309 e.